The zero-order valence-corrected chi connectivity index (χ0v) is 45.0. The van der Waals surface area contributed by atoms with Crippen LogP contribution >= 0.6 is 0 Å². The second kappa shape index (κ2) is 57.1. The molecular weight excluding hydrogens is 865 g/mol. The van der Waals surface area contributed by atoms with Crippen molar-refractivity contribution in [1.29, 1.82) is 0 Å². The minimum atomic E-state index is -0.809. The van der Waals surface area contributed by atoms with Crippen LogP contribution in [0.2, 0.25) is 0 Å². The number of esters is 3. The third kappa shape index (κ3) is 54.5. The van der Waals surface area contributed by atoms with Crippen LogP contribution in [-0.2, 0) is 28.6 Å². The van der Waals surface area contributed by atoms with E-state index in [0.29, 0.717) is 25.7 Å². The Balaban J connectivity index is 4.44. The summed E-state index contributed by atoms with van der Waals surface area (Å²) < 4.78 is 16.8. The molecule has 0 radical (unpaired) electrons. The molecule has 0 aliphatic rings. The van der Waals surface area contributed by atoms with E-state index in [4.69, 9.17) is 14.2 Å². The van der Waals surface area contributed by atoms with Crippen molar-refractivity contribution in [2.75, 3.05) is 13.2 Å². The molecule has 0 saturated carbocycles. The fourth-order valence-corrected chi connectivity index (χ4v) is 7.20. The van der Waals surface area contributed by atoms with Gasteiger partial charge in [-0.1, -0.05) is 219 Å². The van der Waals surface area contributed by atoms with Crippen molar-refractivity contribution in [3.63, 3.8) is 0 Å². The predicted molar refractivity (Wildman–Crippen MR) is 302 cm³/mol. The van der Waals surface area contributed by atoms with Crippen LogP contribution < -0.4 is 0 Å². The van der Waals surface area contributed by atoms with Gasteiger partial charge >= 0.3 is 17.9 Å². The van der Waals surface area contributed by atoms with Crippen LogP contribution in [-0.4, -0.2) is 37.2 Å². The van der Waals surface area contributed by atoms with Crippen molar-refractivity contribution in [2.45, 2.75) is 239 Å². The maximum Gasteiger partial charge on any atom is 0.306 e. The number of unbranched alkanes of at least 4 members (excludes halogenated alkanes) is 16. The quantitative estimate of drug-likeness (QED) is 0.0262. The zero-order chi connectivity index (χ0) is 50.7. The Morgan fingerprint density at radius 2 is 0.557 bits per heavy atom. The summed E-state index contributed by atoms with van der Waals surface area (Å²) in [6.45, 7) is 6.29. The molecule has 0 aromatic heterocycles. The Kier molecular flexibility index (Phi) is 53.5. The molecule has 0 N–H and O–H groups in total. The molecule has 6 nitrogen and oxygen atoms in total. The molecule has 0 aliphatic carbocycles. The molecule has 0 rings (SSSR count). The molecule has 70 heavy (non-hydrogen) atoms. The van der Waals surface area contributed by atoms with Gasteiger partial charge in [0.15, 0.2) is 6.10 Å². The lowest BCUT2D eigenvalue weighted by Gasteiger charge is -2.18. The number of carbonyl (C=O) groups excluding carboxylic acids is 3. The van der Waals surface area contributed by atoms with Gasteiger partial charge < -0.3 is 14.2 Å². The van der Waals surface area contributed by atoms with Crippen LogP contribution in [0.25, 0.3) is 0 Å². The maximum atomic E-state index is 12.8. The predicted octanol–water partition coefficient (Wildman–Crippen LogP) is 19.0. The lowest BCUT2D eigenvalue weighted by Crippen LogP contribution is -2.30. The molecule has 0 aromatic carbocycles. The van der Waals surface area contributed by atoms with Crippen LogP contribution in [0.4, 0.5) is 0 Å². The Bertz CT molecular complexity index is 1530. The fraction of sp³-hybridized carbons (Fsp3) is 0.609. The third-order valence-corrected chi connectivity index (χ3v) is 11.4. The lowest BCUT2D eigenvalue weighted by molar-refractivity contribution is -0.167. The molecule has 1 atom stereocenters. The Hall–Kier alpha value is -4.45. The summed E-state index contributed by atoms with van der Waals surface area (Å²) in [6, 6.07) is 0. The summed E-state index contributed by atoms with van der Waals surface area (Å²) in [6.07, 6.45) is 80.2. The highest BCUT2D eigenvalue weighted by molar-refractivity contribution is 5.71. The first-order chi connectivity index (χ1) is 34.5. The van der Waals surface area contributed by atoms with Crippen LogP contribution in [0.5, 0.6) is 0 Å². The molecule has 0 fully saturated rings. The van der Waals surface area contributed by atoms with Crippen LogP contribution in [0, 0.1) is 0 Å². The molecule has 1 unspecified atom stereocenters. The monoisotopic (exact) mass is 967 g/mol. The summed E-state index contributed by atoms with van der Waals surface area (Å²) in [7, 11) is 0. The average Bonchev–Trinajstić information content (AvgIpc) is 3.36. The van der Waals surface area contributed by atoms with Gasteiger partial charge in [-0.25, -0.2) is 0 Å². The van der Waals surface area contributed by atoms with Crippen LogP contribution in [0.3, 0.4) is 0 Å². The summed E-state index contributed by atoms with van der Waals surface area (Å²) >= 11 is 0. The second-order valence-corrected chi connectivity index (χ2v) is 18.1. The topological polar surface area (TPSA) is 78.9 Å². The SMILES string of the molecule is CC/C=C\C/C=C\C/C=C\C/C=C\C/C=C\C/C=C\CCCCC(=O)OCC(COC(=O)CCCCCCC/C=C\CCC)OC(=O)CCCCCCCCCC/C=C\C/C=C\C/C=C\C/C=C\CC. The molecule has 0 aliphatic heterocycles. The van der Waals surface area contributed by atoms with Crippen molar-refractivity contribution < 1.29 is 28.6 Å². The van der Waals surface area contributed by atoms with Crippen molar-refractivity contribution >= 4 is 17.9 Å². The number of ether oxygens (including phenoxy) is 3. The molecule has 6 heteroatoms. The van der Waals surface area contributed by atoms with Gasteiger partial charge in [-0.05, 0) is 128 Å². The molecule has 394 valence electrons. The molecule has 0 bridgehead atoms. The third-order valence-electron chi connectivity index (χ3n) is 11.4. The first-order valence-electron chi connectivity index (χ1n) is 28.2. The highest BCUT2D eigenvalue weighted by atomic mass is 16.6. The highest BCUT2D eigenvalue weighted by Crippen LogP contribution is 2.14. The van der Waals surface area contributed by atoms with Crippen molar-refractivity contribution in [2.24, 2.45) is 0 Å². The van der Waals surface area contributed by atoms with Gasteiger partial charge in [0.2, 0.25) is 0 Å². The Morgan fingerprint density at radius 1 is 0.300 bits per heavy atom. The largest absolute Gasteiger partial charge is 0.462 e. The average molecular weight is 968 g/mol. The van der Waals surface area contributed by atoms with E-state index in [1.54, 1.807) is 0 Å². The van der Waals surface area contributed by atoms with E-state index >= 15 is 0 Å². The van der Waals surface area contributed by atoms with E-state index in [1.165, 1.54) is 44.9 Å². The second-order valence-electron chi connectivity index (χ2n) is 18.1. The van der Waals surface area contributed by atoms with E-state index in [-0.39, 0.29) is 31.1 Å². The van der Waals surface area contributed by atoms with Gasteiger partial charge in [0.25, 0.3) is 0 Å². The number of hydrogen-bond donors (Lipinski definition) is 0. The summed E-state index contributed by atoms with van der Waals surface area (Å²) in [5, 5.41) is 0. The van der Waals surface area contributed by atoms with Gasteiger partial charge in [0, 0.05) is 19.3 Å². The van der Waals surface area contributed by atoms with Gasteiger partial charge in [-0.15, -0.1) is 0 Å². The first-order valence-corrected chi connectivity index (χ1v) is 28.2. The molecule has 0 amide bonds. The lowest BCUT2D eigenvalue weighted by atomic mass is 10.1. The first kappa shape index (κ1) is 65.5. The number of carbonyl (C=O) groups is 3. The van der Waals surface area contributed by atoms with Gasteiger partial charge in [-0.2, -0.15) is 0 Å². The van der Waals surface area contributed by atoms with E-state index < -0.39 is 6.10 Å². The Labute approximate surface area is 430 Å². The highest BCUT2D eigenvalue weighted by Gasteiger charge is 2.19. The number of hydrogen-bond acceptors (Lipinski definition) is 6. The molecule has 0 saturated heterocycles. The van der Waals surface area contributed by atoms with E-state index in [1.807, 2.05) is 0 Å². The standard InChI is InChI=1S/C64H102O6/c1-4-7-10-13-16-19-22-24-26-28-30-32-34-36-38-40-42-45-48-51-54-57-63(66)69-60-61(59-68-62(65)56-53-50-47-44-21-18-15-12-9-6-3)70-64(67)58-55-52-49-46-43-41-39-37-35-33-31-29-27-25-23-20-17-14-11-8-5-2/h7-8,10-12,15-17,19-20,24-27,30-33,36,38,42,45,61H,4-6,9,13-14,18,21-23,28-29,34-35,37,39-41,43-44,46-60H2,1-3H3/b10-7-,11-8-,15-12-,19-16-,20-17-,26-24-,27-25-,32-30-,33-31-,38-36-,45-42-. The normalized spacial score (nSPS) is 13.1. The van der Waals surface area contributed by atoms with Gasteiger partial charge in [-0.3, -0.25) is 14.4 Å². The van der Waals surface area contributed by atoms with Crippen molar-refractivity contribution in [1.82, 2.24) is 0 Å². The van der Waals surface area contributed by atoms with Crippen LogP contribution in [0.15, 0.2) is 134 Å². The van der Waals surface area contributed by atoms with Gasteiger partial charge in [0.05, 0.1) is 0 Å². The summed E-state index contributed by atoms with van der Waals surface area (Å²) in [5.41, 5.74) is 0. The summed E-state index contributed by atoms with van der Waals surface area (Å²) in [4.78, 5) is 38.1. The maximum absolute atomic E-state index is 12.8. The van der Waals surface area contributed by atoms with E-state index in [0.717, 1.165) is 141 Å². The summed E-state index contributed by atoms with van der Waals surface area (Å²) in [5.74, 6) is -0.974. The fourth-order valence-electron chi connectivity index (χ4n) is 7.20. The number of allylic oxidation sites excluding steroid dienone is 22. The van der Waals surface area contributed by atoms with Crippen LogP contribution in [0.1, 0.15) is 233 Å². The van der Waals surface area contributed by atoms with Crippen molar-refractivity contribution in [3.8, 4) is 0 Å². The zero-order valence-electron chi connectivity index (χ0n) is 45.0. The smallest absolute Gasteiger partial charge is 0.306 e. The Morgan fingerprint density at radius 3 is 0.914 bits per heavy atom. The van der Waals surface area contributed by atoms with Crippen molar-refractivity contribution in [3.05, 3.63) is 134 Å². The minimum Gasteiger partial charge on any atom is -0.462 e. The van der Waals surface area contributed by atoms with Gasteiger partial charge in [0.1, 0.15) is 13.2 Å². The molecular formula is C64H102O6. The molecule has 0 aromatic rings. The molecule has 0 spiro atoms. The van der Waals surface area contributed by atoms with E-state index in [2.05, 4.69) is 154 Å². The van der Waals surface area contributed by atoms with E-state index in [9.17, 15) is 14.4 Å². The minimum absolute atomic E-state index is 0.104. The number of rotatable bonds is 49. The molecule has 0 heterocycles.